The van der Waals surface area contributed by atoms with Gasteiger partial charge >= 0.3 is 0 Å². The fourth-order valence-electron chi connectivity index (χ4n) is 2.49. The molecule has 7 heteroatoms. The number of nitrogens with zero attached hydrogens (tertiary/aromatic N) is 3. The van der Waals surface area contributed by atoms with Crippen LogP contribution in [-0.4, -0.2) is 20.7 Å². The lowest BCUT2D eigenvalue weighted by molar-refractivity contribution is 0.102. The largest absolute Gasteiger partial charge is 0.447 e. The third kappa shape index (κ3) is 3.46. The van der Waals surface area contributed by atoms with Crippen molar-refractivity contribution in [2.45, 2.75) is 32.9 Å². The second-order valence-electron chi connectivity index (χ2n) is 6.64. The maximum Gasteiger partial charge on any atom is 0.278 e. The summed E-state index contributed by atoms with van der Waals surface area (Å²) >= 11 is 0. The molecular weight excluding hydrogens is 318 g/mol. The molecule has 0 bridgehead atoms. The number of nitrogens with one attached hydrogen (secondary N) is 1. The van der Waals surface area contributed by atoms with Crippen LogP contribution in [0.2, 0.25) is 0 Å². The van der Waals surface area contributed by atoms with E-state index in [1.807, 2.05) is 51.1 Å². The van der Waals surface area contributed by atoms with Gasteiger partial charge in [0.05, 0.1) is 18.3 Å². The highest BCUT2D eigenvalue weighted by Crippen LogP contribution is 2.31. The molecule has 130 valence electrons. The first-order valence-corrected chi connectivity index (χ1v) is 8.00. The standard InChI is InChI=1S/C18H21N5O2/c1-18(2,3)23-16(13(10-20-23)12-7-5-4-6-8-12)22-17(24)14-11-25-15(9-19)21-14/h4-8,10-11H,9,19H2,1-3H3,(H,22,24). The highest BCUT2D eigenvalue weighted by Gasteiger charge is 2.24. The minimum Gasteiger partial charge on any atom is -0.447 e. The molecule has 0 saturated heterocycles. The van der Waals surface area contributed by atoms with Gasteiger partial charge in [-0.1, -0.05) is 30.3 Å². The Morgan fingerprint density at radius 3 is 2.60 bits per heavy atom. The van der Waals surface area contributed by atoms with Crippen molar-refractivity contribution in [1.29, 1.82) is 0 Å². The smallest absolute Gasteiger partial charge is 0.278 e. The van der Waals surface area contributed by atoms with E-state index < -0.39 is 0 Å². The van der Waals surface area contributed by atoms with Gasteiger partial charge in [0, 0.05) is 5.56 Å². The SMILES string of the molecule is CC(C)(C)n1ncc(-c2ccccc2)c1NC(=O)c1coc(CN)n1. The van der Waals surface area contributed by atoms with E-state index in [1.165, 1.54) is 6.26 Å². The van der Waals surface area contributed by atoms with Crippen molar-refractivity contribution in [3.63, 3.8) is 0 Å². The monoisotopic (exact) mass is 339 g/mol. The van der Waals surface area contributed by atoms with E-state index in [4.69, 9.17) is 10.2 Å². The van der Waals surface area contributed by atoms with Crippen molar-refractivity contribution in [3.05, 3.63) is 54.4 Å². The molecule has 1 aromatic carbocycles. The molecule has 0 spiro atoms. The van der Waals surface area contributed by atoms with Gasteiger partial charge in [-0.25, -0.2) is 9.67 Å². The first kappa shape index (κ1) is 16.9. The van der Waals surface area contributed by atoms with E-state index >= 15 is 0 Å². The summed E-state index contributed by atoms with van der Waals surface area (Å²) in [7, 11) is 0. The maximum atomic E-state index is 12.6. The Kier molecular flexibility index (Phi) is 4.41. The van der Waals surface area contributed by atoms with E-state index in [2.05, 4.69) is 15.4 Å². The predicted molar refractivity (Wildman–Crippen MR) is 95.0 cm³/mol. The Morgan fingerprint density at radius 2 is 2.00 bits per heavy atom. The highest BCUT2D eigenvalue weighted by molar-refractivity contribution is 6.04. The molecule has 0 aliphatic carbocycles. The summed E-state index contributed by atoms with van der Waals surface area (Å²) in [5, 5.41) is 7.39. The van der Waals surface area contributed by atoms with Gasteiger partial charge in [0.25, 0.3) is 5.91 Å². The second kappa shape index (κ2) is 6.52. The van der Waals surface area contributed by atoms with Crippen LogP contribution in [-0.2, 0) is 12.1 Å². The van der Waals surface area contributed by atoms with E-state index in [1.54, 1.807) is 10.9 Å². The van der Waals surface area contributed by atoms with Crippen molar-refractivity contribution >= 4 is 11.7 Å². The van der Waals surface area contributed by atoms with Gasteiger partial charge in [-0.15, -0.1) is 0 Å². The second-order valence-corrected chi connectivity index (χ2v) is 6.64. The summed E-state index contributed by atoms with van der Waals surface area (Å²) in [6.45, 7) is 6.20. The van der Waals surface area contributed by atoms with E-state index in [9.17, 15) is 4.79 Å². The molecule has 0 aliphatic heterocycles. The van der Waals surface area contributed by atoms with Crippen molar-refractivity contribution in [2.75, 3.05) is 5.32 Å². The number of oxazole rings is 1. The molecule has 3 aromatic rings. The maximum absolute atomic E-state index is 12.6. The molecule has 0 unspecified atom stereocenters. The van der Waals surface area contributed by atoms with Crippen LogP contribution >= 0.6 is 0 Å². The number of hydrogen-bond donors (Lipinski definition) is 2. The summed E-state index contributed by atoms with van der Waals surface area (Å²) in [6, 6.07) is 9.78. The number of benzene rings is 1. The molecule has 0 fully saturated rings. The zero-order chi connectivity index (χ0) is 18.0. The Bertz CT molecular complexity index is 875. The quantitative estimate of drug-likeness (QED) is 0.761. The number of amides is 1. The van der Waals surface area contributed by atoms with E-state index in [0.717, 1.165) is 11.1 Å². The van der Waals surface area contributed by atoms with Crippen LogP contribution in [0.1, 0.15) is 37.2 Å². The third-order valence-electron chi connectivity index (χ3n) is 3.68. The first-order chi connectivity index (χ1) is 11.9. The van der Waals surface area contributed by atoms with Crippen LogP contribution in [0, 0.1) is 0 Å². The van der Waals surface area contributed by atoms with Crippen molar-refractivity contribution in [3.8, 4) is 11.1 Å². The number of aromatic nitrogens is 3. The molecular formula is C18H21N5O2. The number of nitrogens with two attached hydrogens (primary N) is 1. The van der Waals surface area contributed by atoms with Gasteiger partial charge in [-0.2, -0.15) is 5.10 Å². The lowest BCUT2D eigenvalue weighted by Gasteiger charge is -2.23. The van der Waals surface area contributed by atoms with Crippen LogP contribution in [0.4, 0.5) is 5.82 Å². The lowest BCUT2D eigenvalue weighted by atomic mass is 10.1. The van der Waals surface area contributed by atoms with Gasteiger partial charge in [-0.3, -0.25) is 4.79 Å². The van der Waals surface area contributed by atoms with Gasteiger partial charge < -0.3 is 15.5 Å². The fraction of sp³-hybridized carbons (Fsp3) is 0.278. The van der Waals surface area contributed by atoms with Gasteiger partial charge in [-0.05, 0) is 26.3 Å². The van der Waals surface area contributed by atoms with E-state index in [-0.39, 0.29) is 23.7 Å². The van der Waals surface area contributed by atoms with Crippen molar-refractivity contribution < 1.29 is 9.21 Å². The Balaban J connectivity index is 2.01. The summed E-state index contributed by atoms with van der Waals surface area (Å²) < 4.78 is 6.94. The van der Waals surface area contributed by atoms with Crippen molar-refractivity contribution in [2.24, 2.45) is 5.73 Å². The molecule has 25 heavy (non-hydrogen) atoms. The number of carbonyl (C=O) groups excluding carboxylic acids is 1. The number of rotatable bonds is 4. The zero-order valence-electron chi connectivity index (χ0n) is 14.5. The Hall–Kier alpha value is -2.93. The minimum atomic E-state index is -0.369. The van der Waals surface area contributed by atoms with E-state index in [0.29, 0.717) is 11.7 Å². The topological polar surface area (TPSA) is 99.0 Å². The highest BCUT2D eigenvalue weighted by atomic mass is 16.3. The summed E-state index contributed by atoms with van der Waals surface area (Å²) in [4.78, 5) is 16.7. The fourth-order valence-corrected chi connectivity index (χ4v) is 2.49. The third-order valence-corrected chi connectivity index (χ3v) is 3.68. The van der Waals surface area contributed by atoms with Gasteiger partial charge in [0.2, 0.25) is 5.89 Å². The molecule has 0 radical (unpaired) electrons. The molecule has 1 amide bonds. The summed E-state index contributed by atoms with van der Waals surface area (Å²) in [5.41, 5.74) is 7.16. The van der Waals surface area contributed by atoms with Gasteiger partial charge in [0.1, 0.15) is 12.1 Å². The molecule has 2 aromatic heterocycles. The molecule has 3 rings (SSSR count). The minimum absolute atomic E-state index is 0.141. The molecule has 3 N–H and O–H groups in total. The molecule has 0 atom stereocenters. The molecule has 2 heterocycles. The summed E-state index contributed by atoms with van der Waals surface area (Å²) in [6.07, 6.45) is 3.06. The molecule has 0 aliphatic rings. The molecule has 7 nitrogen and oxygen atoms in total. The van der Waals surface area contributed by atoms with Crippen LogP contribution < -0.4 is 11.1 Å². The Morgan fingerprint density at radius 1 is 1.28 bits per heavy atom. The zero-order valence-corrected chi connectivity index (χ0v) is 14.5. The molecule has 0 saturated carbocycles. The first-order valence-electron chi connectivity index (χ1n) is 8.00. The predicted octanol–water partition coefficient (Wildman–Crippen LogP) is 3.00. The van der Waals surface area contributed by atoms with Gasteiger partial charge in [0.15, 0.2) is 5.69 Å². The average molecular weight is 339 g/mol. The normalized spacial score (nSPS) is 11.5. The van der Waals surface area contributed by atoms with Crippen LogP contribution in [0.15, 0.2) is 47.2 Å². The number of carbonyl (C=O) groups is 1. The average Bonchev–Trinajstić information content (AvgIpc) is 3.22. The Labute approximate surface area is 145 Å². The summed E-state index contributed by atoms with van der Waals surface area (Å²) in [5.74, 6) is 0.561. The van der Waals surface area contributed by atoms with Crippen LogP contribution in [0.25, 0.3) is 11.1 Å². The van der Waals surface area contributed by atoms with Crippen LogP contribution in [0.3, 0.4) is 0 Å². The van der Waals surface area contributed by atoms with Crippen molar-refractivity contribution in [1.82, 2.24) is 14.8 Å². The van der Waals surface area contributed by atoms with Crippen LogP contribution in [0.5, 0.6) is 0 Å². The number of hydrogen-bond acceptors (Lipinski definition) is 5. The lowest BCUT2D eigenvalue weighted by Crippen LogP contribution is -2.27. The number of anilines is 1.